The maximum absolute atomic E-state index is 12.9. The molecular weight excluding hydrogens is 353 g/mol. The first-order chi connectivity index (χ1) is 12.0. The third kappa shape index (κ3) is 4.83. The number of ether oxygens (including phenoxy) is 2. The molecule has 0 unspecified atom stereocenters. The zero-order valence-electron chi connectivity index (χ0n) is 15.0. The third-order valence-electron chi connectivity index (χ3n) is 3.83. The van der Waals surface area contributed by atoms with E-state index in [2.05, 4.69) is 0 Å². The summed E-state index contributed by atoms with van der Waals surface area (Å²) in [6.45, 7) is 5.57. The minimum atomic E-state index is -4.59. The zero-order chi connectivity index (χ0) is 20.1. The van der Waals surface area contributed by atoms with Crippen LogP contribution in [0.15, 0.2) is 24.3 Å². The van der Waals surface area contributed by atoms with Crippen LogP contribution in [0.3, 0.4) is 0 Å². The van der Waals surface area contributed by atoms with E-state index in [1.54, 1.807) is 0 Å². The second-order valence-corrected chi connectivity index (χ2v) is 6.00. The number of halogens is 3. The smallest absolute Gasteiger partial charge is 0.416 e. The largest absolute Gasteiger partial charge is 0.465 e. The molecule has 0 fully saturated rings. The van der Waals surface area contributed by atoms with E-state index in [-0.39, 0.29) is 18.8 Å². The molecule has 0 radical (unpaired) electrons. The van der Waals surface area contributed by atoms with E-state index in [0.717, 1.165) is 18.2 Å². The van der Waals surface area contributed by atoms with Crippen molar-refractivity contribution in [2.75, 3.05) is 13.2 Å². The Morgan fingerprint density at radius 1 is 0.962 bits per heavy atom. The van der Waals surface area contributed by atoms with Gasteiger partial charge in [-0.3, -0.25) is 14.4 Å². The third-order valence-corrected chi connectivity index (χ3v) is 3.83. The Hall–Kier alpha value is -2.38. The molecule has 1 aromatic rings. The number of carbonyl (C=O) groups excluding carboxylic acids is 3. The summed E-state index contributed by atoms with van der Waals surface area (Å²) in [6, 6.07) is 4.20. The molecule has 0 N–H and O–H groups in total. The number of carbonyl (C=O) groups is 3. The molecule has 5 nitrogen and oxygen atoms in total. The highest BCUT2D eigenvalue weighted by atomic mass is 19.4. The molecule has 8 heteroatoms. The Bertz CT molecular complexity index is 662. The molecule has 0 bridgehead atoms. The summed E-state index contributed by atoms with van der Waals surface area (Å²) in [5.74, 6) is -4.93. The number of rotatable bonds is 7. The predicted molar refractivity (Wildman–Crippen MR) is 86.2 cm³/mol. The maximum atomic E-state index is 12.9. The van der Waals surface area contributed by atoms with Crippen LogP contribution in [0.2, 0.25) is 0 Å². The number of hydrogen-bond donors (Lipinski definition) is 0. The van der Waals surface area contributed by atoms with Gasteiger partial charge in [0.25, 0.3) is 0 Å². The minimum Gasteiger partial charge on any atom is -0.465 e. The molecular formula is C18H21F3O5. The molecule has 0 aromatic heterocycles. The van der Waals surface area contributed by atoms with E-state index in [1.165, 1.54) is 33.8 Å². The lowest BCUT2D eigenvalue weighted by atomic mass is 9.75. The van der Waals surface area contributed by atoms with Gasteiger partial charge in [-0.15, -0.1) is 0 Å². The molecule has 0 aliphatic heterocycles. The van der Waals surface area contributed by atoms with Gasteiger partial charge in [0, 0.05) is 5.41 Å². The molecule has 0 heterocycles. The molecule has 0 saturated carbocycles. The van der Waals surface area contributed by atoms with Gasteiger partial charge in [-0.05, 0) is 39.3 Å². The van der Waals surface area contributed by atoms with Gasteiger partial charge in [0.05, 0.1) is 18.8 Å². The Balaban J connectivity index is 3.32. The summed E-state index contributed by atoms with van der Waals surface area (Å²) in [7, 11) is 0. The van der Waals surface area contributed by atoms with Crippen molar-refractivity contribution in [1.82, 2.24) is 0 Å². The Kier molecular flexibility index (Phi) is 6.94. The van der Waals surface area contributed by atoms with Crippen molar-refractivity contribution in [2.24, 2.45) is 5.92 Å². The van der Waals surface area contributed by atoms with Crippen LogP contribution in [0.4, 0.5) is 13.2 Å². The molecule has 1 rings (SSSR count). The first kappa shape index (κ1) is 21.7. The van der Waals surface area contributed by atoms with Crippen LogP contribution >= 0.6 is 0 Å². The van der Waals surface area contributed by atoms with E-state index in [9.17, 15) is 27.6 Å². The Morgan fingerprint density at radius 3 is 1.85 bits per heavy atom. The van der Waals surface area contributed by atoms with E-state index in [1.807, 2.05) is 0 Å². The fraction of sp³-hybridized carbons (Fsp3) is 0.500. The fourth-order valence-electron chi connectivity index (χ4n) is 2.35. The highest BCUT2D eigenvalue weighted by Gasteiger charge is 2.45. The number of hydrogen-bond acceptors (Lipinski definition) is 5. The van der Waals surface area contributed by atoms with Crippen LogP contribution in [-0.4, -0.2) is 30.9 Å². The van der Waals surface area contributed by atoms with Crippen LogP contribution in [-0.2, 0) is 35.4 Å². The second kappa shape index (κ2) is 8.33. The first-order valence-corrected chi connectivity index (χ1v) is 8.02. The minimum absolute atomic E-state index is 0.0240. The van der Waals surface area contributed by atoms with Gasteiger partial charge in [0.2, 0.25) is 5.92 Å². The van der Waals surface area contributed by atoms with Crippen molar-refractivity contribution < 1.29 is 37.0 Å². The summed E-state index contributed by atoms with van der Waals surface area (Å²) in [5.41, 5.74) is -2.46. The van der Waals surface area contributed by atoms with Gasteiger partial charge in [0.1, 0.15) is 0 Å². The lowest BCUT2D eigenvalue weighted by Gasteiger charge is -2.27. The molecule has 0 amide bonds. The number of benzene rings is 1. The van der Waals surface area contributed by atoms with E-state index in [0.29, 0.717) is 0 Å². The lowest BCUT2D eigenvalue weighted by molar-refractivity contribution is -0.165. The molecule has 1 aromatic carbocycles. The van der Waals surface area contributed by atoms with E-state index < -0.39 is 40.8 Å². The van der Waals surface area contributed by atoms with Gasteiger partial charge in [0.15, 0.2) is 5.78 Å². The fourth-order valence-corrected chi connectivity index (χ4v) is 2.35. The quantitative estimate of drug-likeness (QED) is 0.541. The van der Waals surface area contributed by atoms with Crippen molar-refractivity contribution >= 4 is 17.7 Å². The number of ketones is 1. The van der Waals surface area contributed by atoms with Crippen molar-refractivity contribution in [1.29, 1.82) is 0 Å². The Morgan fingerprint density at radius 2 is 1.42 bits per heavy atom. The highest BCUT2D eigenvalue weighted by Crippen LogP contribution is 2.34. The van der Waals surface area contributed by atoms with Crippen molar-refractivity contribution in [3.8, 4) is 0 Å². The maximum Gasteiger partial charge on any atom is 0.416 e. The molecule has 26 heavy (non-hydrogen) atoms. The second-order valence-electron chi connectivity index (χ2n) is 6.00. The first-order valence-electron chi connectivity index (χ1n) is 8.02. The van der Waals surface area contributed by atoms with Gasteiger partial charge in [-0.1, -0.05) is 18.2 Å². The molecule has 0 spiro atoms. The van der Waals surface area contributed by atoms with E-state index in [4.69, 9.17) is 9.47 Å². The van der Waals surface area contributed by atoms with Crippen LogP contribution in [0, 0.1) is 5.92 Å². The van der Waals surface area contributed by atoms with Gasteiger partial charge in [-0.25, -0.2) is 0 Å². The topological polar surface area (TPSA) is 69.7 Å². The predicted octanol–water partition coefficient (Wildman–Crippen LogP) is 3.29. The van der Waals surface area contributed by atoms with Gasteiger partial charge >= 0.3 is 18.1 Å². The standard InChI is InChI=1S/C18H21F3O5/c1-5-25-15(23)13(16(24)26-6-2)14(22)17(3,4)11-8-7-9-12(10-11)18(19,20)21/h7-10,13H,5-6H2,1-4H3. The number of alkyl halides is 3. The molecule has 0 saturated heterocycles. The van der Waals surface area contributed by atoms with Crippen molar-refractivity contribution in [2.45, 2.75) is 39.3 Å². The normalized spacial score (nSPS) is 12.0. The number of esters is 2. The van der Waals surface area contributed by atoms with Crippen molar-refractivity contribution in [3.05, 3.63) is 35.4 Å². The summed E-state index contributed by atoms with van der Waals surface area (Å²) >= 11 is 0. The Labute approximate surface area is 149 Å². The lowest BCUT2D eigenvalue weighted by Crippen LogP contribution is -2.44. The summed E-state index contributed by atoms with van der Waals surface area (Å²) in [4.78, 5) is 37.0. The molecule has 0 aliphatic carbocycles. The van der Waals surface area contributed by atoms with Gasteiger partial charge in [-0.2, -0.15) is 13.2 Å². The highest BCUT2D eigenvalue weighted by molar-refractivity contribution is 6.17. The number of Topliss-reactive ketones (excluding diaryl/α,β-unsaturated/α-hetero) is 1. The average Bonchev–Trinajstić information content (AvgIpc) is 2.54. The average molecular weight is 374 g/mol. The van der Waals surface area contributed by atoms with E-state index >= 15 is 0 Å². The molecule has 0 aliphatic rings. The SMILES string of the molecule is CCOC(=O)C(C(=O)OCC)C(=O)C(C)(C)c1cccc(C(F)(F)F)c1. The summed E-state index contributed by atoms with van der Waals surface area (Å²) < 4.78 is 48.3. The van der Waals surface area contributed by atoms with Crippen LogP contribution in [0.1, 0.15) is 38.8 Å². The van der Waals surface area contributed by atoms with Gasteiger partial charge < -0.3 is 9.47 Å². The van der Waals surface area contributed by atoms with Crippen LogP contribution in [0.25, 0.3) is 0 Å². The van der Waals surface area contributed by atoms with Crippen molar-refractivity contribution in [3.63, 3.8) is 0 Å². The summed E-state index contributed by atoms with van der Waals surface area (Å²) in [5, 5.41) is 0. The monoisotopic (exact) mass is 374 g/mol. The molecule has 0 atom stereocenters. The van der Waals surface area contributed by atoms with Crippen LogP contribution < -0.4 is 0 Å². The zero-order valence-corrected chi connectivity index (χ0v) is 15.0. The molecule has 144 valence electrons. The van der Waals surface area contributed by atoms with Crippen LogP contribution in [0.5, 0.6) is 0 Å². The summed E-state index contributed by atoms with van der Waals surface area (Å²) in [6.07, 6.45) is -4.59.